The molecule has 3 heterocycles. The highest BCUT2D eigenvalue weighted by atomic mass is 19.1. The number of imidazole rings is 1. The van der Waals surface area contributed by atoms with E-state index in [2.05, 4.69) is 25.2 Å². The van der Waals surface area contributed by atoms with Gasteiger partial charge in [-0.2, -0.15) is 0 Å². The molecule has 3 N–H and O–H groups in total. The van der Waals surface area contributed by atoms with Gasteiger partial charge in [0.1, 0.15) is 11.6 Å². The third-order valence-electron chi connectivity index (χ3n) is 5.25. The van der Waals surface area contributed by atoms with E-state index in [-0.39, 0.29) is 36.2 Å². The number of rotatable bonds is 6. The topological polar surface area (TPSA) is 114 Å². The lowest BCUT2D eigenvalue weighted by Crippen LogP contribution is -2.48. The van der Waals surface area contributed by atoms with E-state index >= 15 is 0 Å². The number of carbonyl (C=O) groups is 2. The molecule has 0 bridgehead atoms. The van der Waals surface area contributed by atoms with Crippen molar-refractivity contribution in [2.75, 3.05) is 31.5 Å². The van der Waals surface area contributed by atoms with Crippen LogP contribution in [-0.2, 0) is 16.1 Å². The number of nitrogens with one attached hydrogen (secondary N) is 3. The third kappa shape index (κ3) is 5.34. The summed E-state index contributed by atoms with van der Waals surface area (Å²) in [6.07, 6.45) is 0.172. The number of benzene rings is 1. The first-order valence-electron chi connectivity index (χ1n) is 10.1. The number of nitrogens with zero attached hydrogens (tertiary/aromatic N) is 3. The van der Waals surface area contributed by atoms with Crippen molar-refractivity contribution >= 4 is 28.8 Å². The third-order valence-corrected chi connectivity index (χ3v) is 5.25. The highest BCUT2D eigenvalue weighted by Gasteiger charge is 2.21. The number of aromatic amines is 2. The van der Waals surface area contributed by atoms with Crippen molar-refractivity contribution in [2.24, 2.45) is 0 Å². The van der Waals surface area contributed by atoms with E-state index in [4.69, 9.17) is 0 Å². The van der Waals surface area contributed by atoms with Gasteiger partial charge in [0.25, 0.3) is 0 Å². The van der Waals surface area contributed by atoms with Crippen molar-refractivity contribution in [3.8, 4) is 0 Å². The zero-order chi connectivity index (χ0) is 21.8. The lowest BCUT2D eigenvalue weighted by atomic mass is 10.2. The van der Waals surface area contributed by atoms with Gasteiger partial charge in [-0.25, -0.2) is 14.2 Å². The molecular weight excluding hydrogens is 403 g/mol. The highest BCUT2D eigenvalue weighted by molar-refractivity contribution is 5.93. The molecule has 2 amide bonds. The van der Waals surface area contributed by atoms with E-state index in [9.17, 15) is 18.8 Å². The zero-order valence-corrected chi connectivity index (χ0v) is 16.9. The summed E-state index contributed by atoms with van der Waals surface area (Å²) in [7, 11) is 0. The molecular formula is C21H23FN6O3. The Bertz CT molecular complexity index is 1130. The monoisotopic (exact) mass is 426 g/mol. The average Bonchev–Trinajstić information content (AvgIpc) is 3.13. The molecule has 0 spiro atoms. The van der Waals surface area contributed by atoms with Crippen molar-refractivity contribution in [2.45, 2.75) is 19.4 Å². The van der Waals surface area contributed by atoms with Gasteiger partial charge in [-0.05, 0) is 29.8 Å². The molecule has 4 rings (SSSR count). The molecule has 0 radical (unpaired) electrons. The normalized spacial score (nSPS) is 14.7. The highest BCUT2D eigenvalue weighted by Crippen LogP contribution is 2.12. The van der Waals surface area contributed by atoms with Crippen LogP contribution in [0, 0.1) is 5.82 Å². The molecule has 9 nitrogen and oxygen atoms in total. The standard InChI is InChI=1S/C21H23FN6O3/c22-15-3-1-14(2-4-15)13-27-9-11-28(12-10-27)19(30)8-7-18(29)24-17-6-5-16-20(25-17)26-21(31)23-16/h1-6H,7-13H2,(H3,23,24,25,26,29,31). The van der Waals surface area contributed by atoms with E-state index in [1.54, 1.807) is 29.2 Å². The van der Waals surface area contributed by atoms with Gasteiger partial charge in [0.05, 0.1) is 5.52 Å². The molecule has 1 fully saturated rings. The van der Waals surface area contributed by atoms with Crippen molar-refractivity contribution < 1.29 is 14.0 Å². The fraction of sp³-hybridized carbons (Fsp3) is 0.333. The van der Waals surface area contributed by atoms with Crippen LogP contribution in [0.25, 0.3) is 11.2 Å². The van der Waals surface area contributed by atoms with Gasteiger partial charge < -0.3 is 15.2 Å². The maximum atomic E-state index is 13.0. The smallest absolute Gasteiger partial charge is 0.325 e. The van der Waals surface area contributed by atoms with E-state index in [0.29, 0.717) is 36.6 Å². The molecule has 1 aliphatic heterocycles. The molecule has 1 aliphatic rings. The van der Waals surface area contributed by atoms with Crippen molar-refractivity contribution in [3.05, 3.63) is 58.3 Å². The summed E-state index contributed by atoms with van der Waals surface area (Å²) in [6, 6.07) is 9.67. The van der Waals surface area contributed by atoms with E-state index < -0.39 is 0 Å². The van der Waals surface area contributed by atoms with Crippen LogP contribution < -0.4 is 11.0 Å². The van der Waals surface area contributed by atoms with Crippen molar-refractivity contribution in [1.29, 1.82) is 0 Å². The molecule has 3 aromatic rings. The predicted molar refractivity (Wildman–Crippen MR) is 113 cm³/mol. The zero-order valence-electron chi connectivity index (χ0n) is 16.9. The Hall–Kier alpha value is -3.53. The summed E-state index contributed by atoms with van der Waals surface area (Å²) in [5.41, 5.74) is 1.58. The van der Waals surface area contributed by atoms with Crippen LogP contribution in [0.1, 0.15) is 18.4 Å². The Labute approximate surface area is 177 Å². The number of fused-ring (bicyclic) bond motifs is 1. The number of carbonyl (C=O) groups excluding carboxylic acids is 2. The Kier molecular flexibility index (Phi) is 6.08. The van der Waals surface area contributed by atoms with E-state index in [1.165, 1.54) is 12.1 Å². The minimum Gasteiger partial charge on any atom is -0.340 e. The Balaban J connectivity index is 1.21. The predicted octanol–water partition coefficient (Wildman–Crippen LogP) is 1.45. The summed E-state index contributed by atoms with van der Waals surface area (Å²) in [6.45, 7) is 3.37. The summed E-state index contributed by atoms with van der Waals surface area (Å²) in [5, 5.41) is 2.65. The maximum Gasteiger partial charge on any atom is 0.325 e. The van der Waals surface area contributed by atoms with E-state index in [1.807, 2.05) is 0 Å². The second-order valence-electron chi connectivity index (χ2n) is 7.50. The van der Waals surface area contributed by atoms with Gasteiger partial charge in [0.2, 0.25) is 11.8 Å². The molecule has 2 aromatic heterocycles. The number of halogens is 1. The number of pyridine rings is 1. The summed E-state index contributed by atoms with van der Waals surface area (Å²) >= 11 is 0. The Morgan fingerprint density at radius 3 is 2.48 bits per heavy atom. The summed E-state index contributed by atoms with van der Waals surface area (Å²) in [5.74, 6) is -0.309. The van der Waals surface area contributed by atoms with Gasteiger partial charge >= 0.3 is 5.69 Å². The van der Waals surface area contributed by atoms with Crippen LogP contribution in [0.3, 0.4) is 0 Å². The van der Waals surface area contributed by atoms with Crippen LogP contribution in [-0.4, -0.2) is 62.7 Å². The maximum absolute atomic E-state index is 13.0. The molecule has 1 aromatic carbocycles. The van der Waals surface area contributed by atoms with Gasteiger partial charge in [-0.3, -0.25) is 19.5 Å². The van der Waals surface area contributed by atoms with Crippen LogP contribution >= 0.6 is 0 Å². The van der Waals surface area contributed by atoms with Crippen LogP contribution in [0.4, 0.5) is 10.2 Å². The minimum absolute atomic E-state index is 0.0536. The number of hydrogen-bond acceptors (Lipinski definition) is 5. The number of amides is 2. The van der Waals surface area contributed by atoms with Crippen LogP contribution in [0.5, 0.6) is 0 Å². The van der Waals surface area contributed by atoms with Gasteiger partial charge in [-0.15, -0.1) is 0 Å². The number of aromatic nitrogens is 3. The van der Waals surface area contributed by atoms with Gasteiger partial charge in [0.15, 0.2) is 5.65 Å². The van der Waals surface area contributed by atoms with E-state index in [0.717, 1.165) is 18.7 Å². The van der Waals surface area contributed by atoms with Gasteiger partial charge in [0, 0.05) is 45.6 Å². The molecule has 31 heavy (non-hydrogen) atoms. The minimum atomic E-state index is -0.366. The lowest BCUT2D eigenvalue weighted by Gasteiger charge is -2.34. The number of piperazine rings is 1. The Morgan fingerprint density at radius 1 is 1.00 bits per heavy atom. The Morgan fingerprint density at radius 2 is 1.74 bits per heavy atom. The van der Waals surface area contributed by atoms with Crippen LogP contribution in [0.2, 0.25) is 0 Å². The summed E-state index contributed by atoms with van der Waals surface area (Å²) < 4.78 is 13.0. The SMILES string of the molecule is O=C(CCC(=O)N1CCN(Cc2ccc(F)cc2)CC1)Nc1ccc2[nH]c(=O)[nH]c2n1. The van der Waals surface area contributed by atoms with Crippen molar-refractivity contribution in [1.82, 2.24) is 24.8 Å². The van der Waals surface area contributed by atoms with Gasteiger partial charge in [-0.1, -0.05) is 12.1 Å². The number of anilines is 1. The molecule has 0 unspecified atom stereocenters. The van der Waals surface area contributed by atoms with Crippen LogP contribution in [0.15, 0.2) is 41.2 Å². The molecule has 0 aliphatic carbocycles. The lowest BCUT2D eigenvalue weighted by molar-refractivity contribution is -0.134. The quantitative estimate of drug-likeness (QED) is 0.552. The molecule has 162 valence electrons. The largest absolute Gasteiger partial charge is 0.340 e. The first-order valence-corrected chi connectivity index (χ1v) is 10.1. The summed E-state index contributed by atoms with van der Waals surface area (Å²) in [4.78, 5) is 49.2. The first kappa shape index (κ1) is 20.7. The average molecular weight is 426 g/mol. The fourth-order valence-corrected chi connectivity index (χ4v) is 3.57. The number of H-pyrrole nitrogens is 2. The number of hydrogen-bond donors (Lipinski definition) is 3. The second-order valence-corrected chi connectivity index (χ2v) is 7.50. The molecule has 0 saturated carbocycles. The second kappa shape index (κ2) is 9.09. The molecule has 10 heteroatoms. The molecule has 0 atom stereocenters. The van der Waals surface area contributed by atoms with Crippen molar-refractivity contribution in [3.63, 3.8) is 0 Å². The molecule has 1 saturated heterocycles. The fourth-order valence-electron chi connectivity index (χ4n) is 3.57. The first-order chi connectivity index (χ1) is 15.0.